The van der Waals surface area contributed by atoms with Crippen LogP contribution in [0.25, 0.3) is 0 Å². The second-order valence-electron chi connectivity index (χ2n) is 7.88. The van der Waals surface area contributed by atoms with Crippen LogP contribution in [0.5, 0.6) is 0 Å². The summed E-state index contributed by atoms with van der Waals surface area (Å²) in [6.07, 6.45) is 14.9. The predicted molar refractivity (Wildman–Crippen MR) is 106 cm³/mol. The average molecular weight is 353 g/mol. The summed E-state index contributed by atoms with van der Waals surface area (Å²) in [5.41, 5.74) is 10.7. The molecule has 0 saturated carbocycles. The minimum atomic E-state index is -0.677. The maximum atomic E-state index is 11.9. The van der Waals surface area contributed by atoms with Crippen molar-refractivity contribution in [1.82, 2.24) is 0 Å². The van der Waals surface area contributed by atoms with Gasteiger partial charge in [-0.2, -0.15) is 0 Å². The van der Waals surface area contributed by atoms with E-state index in [-0.39, 0.29) is 11.6 Å². The third-order valence-corrected chi connectivity index (χ3v) is 4.97. The molecule has 0 aromatic carbocycles. The highest BCUT2D eigenvalue weighted by molar-refractivity contribution is 5.87. The van der Waals surface area contributed by atoms with Crippen molar-refractivity contribution in [3.8, 4) is 0 Å². The van der Waals surface area contributed by atoms with E-state index in [4.69, 9.17) is 11.5 Å². The Labute approximate surface area is 154 Å². The number of hydrogen-bond donors (Lipinski definition) is 2. The molecule has 0 unspecified atom stereocenters. The number of ketones is 2. The number of allylic oxidation sites excluding steroid dienone is 2. The number of carbonyl (C=O) groups is 2. The Morgan fingerprint density at radius 1 is 0.840 bits per heavy atom. The Hall–Kier alpha value is -1.00. The van der Waals surface area contributed by atoms with Gasteiger partial charge in [0, 0.05) is 6.42 Å². The Morgan fingerprint density at radius 3 is 1.92 bits per heavy atom. The maximum Gasteiger partial charge on any atom is 0.152 e. The maximum absolute atomic E-state index is 11.9. The van der Waals surface area contributed by atoms with Gasteiger partial charge in [0.2, 0.25) is 0 Å². The highest BCUT2D eigenvalue weighted by Gasteiger charge is 2.26. The van der Waals surface area contributed by atoms with Crippen molar-refractivity contribution in [2.75, 3.05) is 0 Å². The van der Waals surface area contributed by atoms with E-state index in [0.717, 1.165) is 51.4 Å². The molecular weight excluding hydrogens is 312 g/mol. The minimum Gasteiger partial charge on any atom is -0.319 e. The van der Waals surface area contributed by atoms with E-state index < -0.39 is 11.1 Å². The van der Waals surface area contributed by atoms with Gasteiger partial charge in [-0.3, -0.25) is 9.59 Å². The van der Waals surface area contributed by atoms with Gasteiger partial charge in [-0.05, 0) is 65.7 Å². The number of carbonyl (C=O) groups excluding carboxylic acids is 2. The topological polar surface area (TPSA) is 86.2 Å². The van der Waals surface area contributed by atoms with Gasteiger partial charge in [0.1, 0.15) is 5.78 Å². The molecular formula is C21H40N2O2. The van der Waals surface area contributed by atoms with Crippen LogP contribution >= 0.6 is 0 Å². The normalized spacial score (nSPS) is 16.6. The highest BCUT2D eigenvalue weighted by Crippen LogP contribution is 2.17. The van der Waals surface area contributed by atoms with Crippen LogP contribution in [0.15, 0.2) is 12.2 Å². The molecule has 0 saturated heterocycles. The molecule has 2 atom stereocenters. The van der Waals surface area contributed by atoms with Crippen molar-refractivity contribution in [2.45, 2.75) is 109 Å². The number of hydrogen-bond acceptors (Lipinski definition) is 4. The Balaban J connectivity index is 3.64. The van der Waals surface area contributed by atoms with E-state index in [1.165, 1.54) is 12.8 Å². The van der Waals surface area contributed by atoms with Crippen molar-refractivity contribution in [3.05, 3.63) is 12.2 Å². The first-order valence-electron chi connectivity index (χ1n) is 9.90. The second-order valence-corrected chi connectivity index (χ2v) is 7.88. The first kappa shape index (κ1) is 24.0. The van der Waals surface area contributed by atoms with Crippen LogP contribution in [-0.2, 0) is 9.59 Å². The van der Waals surface area contributed by atoms with Gasteiger partial charge < -0.3 is 11.5 Å². The van der Waals surface area contributed by atoms with Crippen molar-refractivity contribution in [3.63, 3.8) is 0 Å². The molecule has 0 aliphatic rings. The van der Waals surface area contributed by atoms with Crippen molar-refractivity contribution < 1.29 is 9.59 Å². The molecule has 0 amide bonds. The molecule has 0 aromatic heterocycles. The smallest absolute Gasteiger partial charge is 0.152 e. The van der Waals surface area contributed by atoms with E-state index in [1.807, 2.05) is 13.8 Å². The number of unbranched alkanes of at least 4 members (excludes halogenated alkanes) is 5. The summed E-state index contributed by atoms with van der Waals surface area (Å²) in [6, 6.07) is 0. The minimum absolute atomic E-state index is 0.0569. The van der Waals surface area contributed by atoms with Crippen LogP contribution in [0.2, 0.25) is 0 Å². The first-order chi connectivity index (χ1) is 11.6. The number of Topliss-reactive ketones (excluding diaryl/α,β-unsaturated/α-hetero) is 2. The zero-order valence-electron chi connectivity index (χ0n) is 16.9. The summed E-state index contributed by atoms with van der Waals surface area (Å²) >= 11 is 0. The summed E-state index contributed by atoms with van der Waals surface area (Å²) in [5, 5.41) is 0. The van der Waals surface area contributed by atoms with E-state index in [9.17, 15) is 9.59 Å². The molecule has 0 rings (SSSR count). The van der Waals surface area contributed by atoms with Gasteiger partial charge in [-0.25, -0.2) is 0 Å². The zero-order chi connectivity index (χ0) is 19.3. The van der Waals surface area contributed by atoms with Crippen LogP contribution in [0.1, 0.15) is 98.3 Å². The van der Waals surface area contributed by atoms with E-state index in [2.05, 4.69) is 12.2 Å². The fraction of sp³-hybridized carbons (Fsp3) is 0.810. The monoisotopic (exact) mass is 352 g/mol. The van der Waals surface area contributed by atoms with Crippen LogP contribution in [0, 0.1) is 0 Å². The fourth-order valence-corrected chi connectivity index (χ4v) is 2.76. The molecule has 0 heterocycles. The largest absolute Gasteiger partial charge is 0.319 e. The highest BCUT2D eigenvalue weighted by atomic mass is 16.1. The molecule has 0 radical (unpaired) electrons. The van der Waals surface area contributed by atoms with Crippen molar-refractivity contribution >= 4 is 11.6 Å². The van der Waals surface area contributed by atoms with E-state index in [1.54, 1.807) is 13.8 Å². The Bertz CT molecular complexity index is 426. The summed E-state index contributed by atoms with van der Waals surface area (Å²) in [5.74, 6) is 0.248. The molecule has 4 nitrogen and oxygen atoms in total. The lowest BCUT2D eigenvalue weighted by Gasteiger charge is -2.22. The number of nitrogens with two attached hydrogens (primary N) is 2. The van der Waals surface area contributed by atoms with Crippen LogP contribution in [-0.4, -0.2) is 22.6 Å². The van der Waals surface area contributed by atoms with Gasteiger partial charge in [0.05, 0.1) is 11.1 Å². The summed E-state index contributed by atoms with van der Waals surface area (Å²) in [7, 11) is 0. The van der Waals surface area contributed by atoms with Crippen LogP contribution < -0.4 is 11.5 Å². The summed E-state index contributed by atoms with van der Waals surface area (Å²) in [6.45, 7) is 7.25. The molecule has 0 fully saturated rings. The summed E-state index contributed by atoms with van der Waals surface area (Å²) in [4.78, 5) is 23.2. The third-order valence-electron chi connectivity index (χ3n) is 4.97. The van der Waals surface area contributed by atoms with Crippen molar-refractivity contribution in [2.24, 2.45) is 11.5 Å². The Morgan fingerprint density at radius 2 is 1.36 bits per heavy atom. The van der Waals surface area contributed by atoms with Crippen molar-refractivity contribution in [1.29, 1.82) is 0 Å². The SMILES string of the molecule is CCCC(=O)[C@@](C)(N)CCCCCC/C=C\CCC[C@](C)(N)C(C)=O. The van der Waals surface area contributed by atoms with Gasteiger partial charge in [-0.15, -0.1) is 0 Å². The van der Waals surface area contributed by atoms with Crippen LogP contribution in [0.3, 0.4) is 0 Å². The molecule has 0 aliphatic carbocycles. The lowest BCUT2D eigenvalue weighted by molar-refractivity contribution is -0.124. The molecule has 0 aliphatic heterocycles. The quantitative estimate of drug-likeness (QED) is 0.337. The molecule has 0 spiro atoms. The summed E-state index contributed by atoms with van der Waals surface area (Å²) < 4.78 is 0. The van der Waals surface area contributed by atoms with Crippen LogP contribution in [0.4, 0.5) is 0 Å². The van der Waals surface area contributed by atoms with Gasteiger partial charge in [-0.1, -0.05) is 38.3 Å². The molecule has 25 heavy (non-hydrogen) atoms. The van der Waals surface area contributed by atoms with Gasteiger partial charge in [0.25, 0.3) is 0 Å². The molecule has 0 bridgehead atoms. The van der Waals surface area contributed by atoms with E-state index in [0.29, 0.717) is 6.42 Å². The van der Waals surface area contributed by atoms with E-state index >= 15 is 0 Å². The average Bonchev–Trinajstić information content (AvgIpc) is 2.52. The predicted octanol–water partition coefficient (Wildman–Crippen LogP) is 4.45. The molecule has 4 heteroatoms. The van der Waals surface area contributed by atoms with Gasteiger partial charge >= 0.3 is 0 Å². The fourth-order valence-electron chi connectivity index (χ4n) is 2.76. The van der Waals surface area contributed by atoms with Gasteiger partial charge in [0.15, 0.2) is 5.78 Å². The third kappa shape index (κ3) is 11.3. The standard InChI is InChI=1S/C21H40N2O2/c1-5-15-19(25)21(4,23)17-14-12-10-8-6-7-9-11-13-16-20(3,22)18(2)24/h7,9H,5-6,8,10-17,22-23H2,1-4H3/b9-7-/t20-,21-/m0/s1. The number of rotatable bonds is 15. The lowest BCUT2D eigenvalue weighted by Crippen LogP contribution is -2.44. The second kappa shape index (κ2) is 12.4. The lowest BCUT2D eigenvalue weighted by atomic mass is 9.88. The Kier molecular flexibility index (Phi) is 11.9. The molecule has 0 aromatic rings. The first-order valence-corrected chi connectivity index (χ1v) is 9.90. The zero-order valence-corrected chi connectivity index (χ0v) is 16.9. The molecule has 146 valence electrons. The molecule has 4 N–H and O–H groups in total.